The van der Waals surface area contributed by atoms with E-state index in [0.29, 0.717) is 0 Å². The van der Waals surface area contributed by atoms with Crippen LogP contribution in [0.5, 0.6) is 0 Å². The molecule has 0 aromatic carbocycles. The summed E-state index contributed by atoms with van der Waals surface area (Å²) in [4.78, 5) is 16.6. The molecule has 0 saturated heterocycles. The van der Waals surface area contributed by atoms with Gasteiger partial charge in [-0.1, -0.05) is 19.6 Å². The average Bonchev–Trinajstić information content (AvgIpc) is 1.58. The molecule has 7 heteroatoms. The maximum absolute atomic E-state index is 12.7. The molecule has 0 heterocycles. The molecular weight excluding hydrogens is 193 g/mol. The zero-order valence-corrected chi connectivity index (χ0v) is 8.40. The molecule has 0 spiro atoms. The Bertz CT molecular complexity index is 194. The lowest BCUT2D eigenvalue weighted by molar-refractivity contribution is 0.130. The first-order valence-corrected chi connectivity index (χ1v) is 8.05. The second kappa shape index (κ2) is 2.62. The first kappa shape index (κ1) is 11.2. The van der Waals surface area contributed by atoms with Gasteiger partial charge < -0.3 is 9.79 Å². The third-order valence-corrected chi connectivity index (χ3v) is 6.69. The lowest BCUT2D eigenvalue weighted by atomic mass is 11.6. The summed E-state index contributed by atoms with van der Waals surface area (Å²) in [5, 5.41) is -3.82. The van der Waals surface area contributed by atoms with Crippen molar-refractivity contribution < 1.29 is 23.1 Å². The van der Waals surface area contributed by atoms with Gasteiger partial charge in [0.05, 0.1) is 0 Å². The van der Waals surface area contributed by atoms with Crippen molar-refractivity contribution >= 4 is 15.7 Å². The van der Waals surface area contributed by atoms with Crippen molar-refractivity contribution in [3.8, 4) is 0 Å². The molecule has 0 atom stereocenters. The third kappa shape index (κ3) is 2.08. The van der Waals surface area contributed by atoms with Gasteiger partial charge in [0.1, 0.15) is 8.07 Å². The van der Waals surface area contributed by atoms with E-state index < -0.39 is 21.0 Å². The Balaban J connectivity index is 4.91. The van der Waals surface area contributed by atoms with Crippen molar-refractivity contribution in [3.05, 3.63) is 0 Å². The van der Waals surface area contributed by atoms with E-state index in [1.165, 1.54) is 19.6 Å². The van der Waals surface area contributed by atoms with Crippen LogP contribution in [0.4, 0.5) is 8.78 Å². The standard InChI is InChI=1S/C4H11F2O3PSi/c1-11(2,3)4(5,6)10(7,8)9/h1-3H3,(H2,7,8,9). The molecule has 0 unspecified atom stereocenters. The summed E-state index contributed by atoms with van der Waals surface area (Å²) in [6, 6.07) is 0. The van der Waals surface area contributed by atoms with Crippen molar-refractivity contribution in [1.29, 1.82) is 0 Å². The quantitative estimate of drug-likeness (QED) is 0.531. The molecule has 0 fully saturated rings. The Labute approximate surface area is 64.6 Å². The van der Waals surface area contributed by atoms with Crippen LogP contribution in [0.15, 0.2) is 0 Å². The van der Waals surface area contributed by atoms with Crippen LogP contribution in [0.2, 0.25) is 19.6 Å². The van der Waals surface area contributed by atoms with Crippen LogP contribution in [0, 0.1) is 0 Å². The molecule has 0 rings (SSSR count). The summed E-state index contributed by atoms with van der Waals surface area (Å²) in [7, 11) is -8.38. The normalized spacial score (nSPS) is 15.2. The molecular formula is C4H11F2O3PSi. The molecule has 2 N–H and O–H groups in total. The molecule has 0 aliphatic carbocycles. The van der Waals surface area contributed by atoms with Gasteiger partial charge in [0.15, 0.2) is 0 Å². The predicted octanol–water partition coefficient (Wildman–Crippen LogP) is 1.63. The lowest BCUT2D eigenvalue weighted by Crippen LogP contribution is -2.44. The fourth-order valence-corrected chi connectivity index (χ4v) is 3.93. The van der Waals surface area contributed by atoms with Crippen LogP contribution >= 0.6 is 7.60 Å². The second-order valence-corrected chi connectivity index (χ2v) is 10.5. The third-order valence-electron chi connectivity index (χ3n) is 1.27. The Morgan fingerprint density at radius 3 is 1.55 bits per heavy atom. The van der Waals surface area contributed by atoms with Crippen molar-refractivity contribution in [2.24, 2.45) is 0 Å². The predicted molar refractivity (Wildman–Crippen MR) is 40.3 cm³/mol. The van der Waals surface area contributed by atoms with Gasteiger partial charge in [-0.15, -0.1) is 0 Å². The Morgan fingerprint density at radius 2 is 1.55 bits per heavy atom. The highest BCUT2D eigenvalue weighted by molar-refractivity contribution is 7.56. The molecule has 0 aliphatic rings. The smallest absolute Gasteiger partial charge is 0.321 e. The van der Waals surface area contributed by atoms with E-state index in [4.69, 9.17) is 9.79 Å². The summed E-state index contributed by atoms with van der Waals surface area (Å²) >= 11 is 0. The molecule has 0 amide bonds. The minimum absolute atomic E-state index is 1.21. The number of halogens is 2. The average molecular weight is 204 g/mol. The number of rotatable bonds is 2. The van der Waals surface area contributed by atoms with Crippen LogP contribution in [-0.4, -0.2) is 23.1 Å². The summed E-state index contributed by atoms with van der Waals surface area (Å²) in [6.07, 6.45) is 0. The van der Waals surface area contributed by atoms with E-state index in [1.54, 1.807) is 0 Å². The van der Waals surface area contributed by atoms with E-state index >= 15 is 0 Å². The summed E-state index contributed by atoms with van der Waals surface area (Å²) in [5.74, 6) is 0. The first-order chi connectivity index (χ1) is 4.50. The monoisotopic (exact) mass is 204 g/mol. The van der Waals surface area contributed by atoms with Crippen molar-refractivity contribution in [2.45, 2.75) is 24.9 Å². The summed E-state index contributed by atoms with van der Waals surface area (Å²) in [5.41, 5.74) is 0. The maximum atomic E-state index is 12.7. The van der Waals surface area contributed by atoms with Crippen LogP contribution in [0.3, 0.4) is 0 Å². The van der Waals surface area contributed by atoms with Crippen LogP contribution in [0.25, 0.3) is 0 Å². The molecule has 0 saturated carbocycles. The topological polar surface area (TPSA) is 57.5 Å². The van der Waals surface area contributed by atoms with Crippen molar-refractivity contribution in [3.63, 3.8) is 0 Å². The SMILES string of the molecule is C[Si](C)(C)C(F)(F)P(=O)(O)O. The van der Waals surface area contributed by atoms with E-state index in [1.807, 2.05) is 0 Å². The van der Waals surface area contributed by atoms with Gasteiger partial charge in [0.25, 0.3) is 0 Å². The van der Waals surface area contributed by atoms with E-state index in [2.05, 4.69) is 0 Å². The van der Waals surface area contributed by atoms with Gasteiger partial charge >= 0.3 is 12.9 Å². The van der Waals surface area contributed by atoms with Crippen LogP contribution in [-0.2, 0) is 4.57 Å². The van der Waals surface area contributed by atoms with Gasteiger partial charge in [0, 0.05) is 0 Å². The minimum atomic E-state index is -5.26. The number of hydrogen-bond acceptors (Lipinski definition) is 1. The first-order valence-electron chi connectivity index (χ1n) is 2.93. The zero-order chi connectivity index (χ0) is 9.50. The van der Waals surface area contributed by atoms with Gasteiger partial charge in [-0.05, 0) is 0 Å². The molecule has 11 heavy (non-hydrogen) atoms. The van der Waals surface area contributed by atoms with E-state index in [0.717, 1.165) is 0 Å². The number of alkyl halides is 2. The molecule has 3 nitrogen and oxygen atoms in total. The highest BCUT2D eigenvalue weighted by Crippen LogP contribution is 2.57. The molecule has 0 aromatic heterocycles. The van der Waals surface area contributed by atoms with Crippen LogP contribution < -0.4 is 0 Å². The molecule has 0 bridgehead atoms. The molecule has 0 radical (unpaired) electrons. The number of hydrogen-bond donors (Lipinski definition) is 2. The van der Waals surface area contributed by atoms with Crippen molar-refractivity contribution in [1.82, 2.24) is 0 Å². The fraction of sp³-hybridized carbons (Fsp3) is 1.00. The fourth-order valence-electron chi connectivity index (χ4n) is 0.437. The Morgan fingerprint density at radius 1 is 1.27 bits per heavy atom. The van der Waals surface area contributed by atoms with E-state index in [-0.39, 0.29) is 0 Å². The summed E-state index contributed by atoms with van der Waals surface area (Å²) < 4.78 is 35.8. The maximum Gasteiger partial charge on any atom is 0.389 e. The van der Waals surface area contributed by atoms with Gasteiger partial charge in [-0.2, -0.15) is 8.78 Å². The summed E-state index contributed by atoms with van der Waals surface area (Å²) in [6.45, 7) is 3.64. The van der Waals surface area contributed by atoms with Gasteiger partial charge in [-0.3, -0.25) is 4.57 Å². The Kier molecular flexibility index (Phi) is 2.67. The van der Waals surface area contributed by atoms with Crippen molar-refractivity contribution in [2.75, 3.05) is 0 Å². The highest BCUT2D eigenvalue weighted by Gasteiger charge is 2.58. The molecule has 0 aliphatic heterocycles. The van der Waals surface area contributed by atoms with Crippen LogP contribution in [0.1, 0.15) is 0 Å². The van der Waals surface area contributed by atoms with Gasteiger partial charge in [0.2, 0.25) is 0 Å². The largest absolute Gasteiger partial charge is 0.389 e. The minimum Gasteiger partial charge on any atom is -0.321 e. The second-order valence-electron chi connectivity index (χ2n) is 3.34. The lowest BCUT2D eigenvalue weighted by Gasteiger charge is -2.28. The molecule has 0 aromatic rings. The molecule has 68 valence electrons. The Hall–Kier alpha value is 0.227. The van der Waals surface area contributed by atoms with Gasteiger partial charge in [-0.25, -0.2) is 0 Å². The highest BCUT2D eigenvalue weighted by atomic mass is 31.2. The van der Waals surface area contributed by atoms with E-state index in [9.17, 15) is 13.3 Å². The zero-order valence-electron chi connectivity index (χ0n) is 6.51.